The Hall–Kier alpha value is -3.17. The Balaban J connectivity index is 1.70. The van der Waals surface area contributed by atoms with Gasteiger partial charge in [0, 0.05) is 53.4 Å². The van der Waals surface area contributed by atoms with E-state index in [2.05, 4.69) is 40.1 Å². The molecule has 27 heavy (non-hydrogen) atoms. The van der Waals surface area contributed by atoms with E-state index in [-0.39, 0.29) is 0 Å². The maximum atomic E-state index is 9.81. The lowest BCUT2D eigenvalue weighted by Gasteiger charge is -2.34. The predicted octanol–water partition coefficient (Wildman–Crippen LogP) is 3.08. The van der Waals surface area contributed by atoms with E-state index in [0.29, 0.717) is 23.5 Å². The van der Waals surface area contributed by atoms with E-state index in [9.17, 15) is 5.26 Å². The molecule has 2 aliphatic heterocycles. The number of hydrogen-bond acceptors (Lipinski definition) is 5. The van der Waals surface area contributed by atoms with E-state index >= 15 is 0 Å². The minimum absolute atomic E-state index is 0.308. The van der Waals surface area contributed by atoms with Crippen molar-refractivity contribution in [2.75, 3.05) is 12.8 Å². The van der Waals surface area contributed by atoms with Gasteiger partial charge in [0.1, 0.15) is 17.5 Å². The van der Waals surface area contributed by atoms with Gasteiger partial charge in [-0.25, -0.2) is 9.97 Å². The Morgan fingerprint density at radius 2 is 2.04 bits per heavy atom. The van der Waals surface area contributed by atoms with Crippen molar-refractivity contribution in [3.63, 3.8) is 0 Å². The third-order valence-electron chi connectivity index (χ3n) is 6.02. The Bertz CT molecular complexity index is 1050. The molecule has 134 valence electrons. The minimum Gasteiger partial charge on any atom is -0.383 e. The molecular formula is C21H20N6. The molecular weight excluding hydrogens is 336 g/mol. The number of likely N-dealkylation sites (N-methyl/N-ethyl adjacent to an activating group) is 1. The molecule has 2 atom stereocenters. The van der Waals surface area contributed by atoms with Crippen LogP contribution in [0.5, 0.6) is 0 Å². The fraction of sp³-hybridized carbons (Fsp3) is 0.286. The van der Waals surface area contributed by atoms with E-state index < -0.39 is 0 Å². The highest BCUT2D eigenvalue weighted by Crippen LogP contribution is 2.47. The number of imidazole rings is 1. The summed E-state index contributed by atoms with van der Waals surface area (Å²) >= 11 is 0. The van der Waals surface area contributed by atoms with Gasteiger partial charge in [0.25, 0.3) is 0 Å². The first-order valence-electron chi connectivity index (χ1n) is 9.20. The number of aromatic nitrogens is 3. The van der Waals surface area contributed by atoms with Crippen LogP contribution in [0, 0.1) is 11.3 Å². The summed E-state index contributed by atoms with van der Waals surface area (Å²) in [5, 5.41) is 9.81. The quantitative estimate of drug-likeness (QED) is 0.763. The van der Waals surface area contributed by atoms with Crippen LogP contribution in [0.25, 0.3) is 16.8 Å². The molecule has 6 heteroatoms. The number of benzene rings is 1. The summed E-state index contributed by atoms with van der Waals surface area (Å²) in [4.78, 5) is 11.2. The average molecular weight is 356 g/mol. The maximum Gasteiger partial charge on any atom is 0.142 e. The standard InChI is InChI=1S/C21H20N6/c1-26-15-6-7-18(26)20-17(10-15)25-21(23)16(11-22)19(20)13-2-4-14(5-3-13)27-9-8-24-12-27/h2-5,8-9,12,15,18H,6-7,10H2,1H3,(H2,23,25)/t15-,18+/m0/s1. The zero-order chi connectivity index (χ0) is 18.5. The SMILES string of the molecule is CN1[C@H]2CC[C@@H]1c1c(nc(N)c(C#N)c1-c1ccc(-n3ccnc3)cc1)C2. The number of fused-ring (bicyclic) bond motifs is 4. The van der Waals surface area contributed by atoms with Gasteiger partial charge < -0.3 is 10.3 Å². The molecule has 0 saturated carbocycles. The third kappa shape index (κ3) is 2.36. The van der Waals surface area contributed by atoms with E-state index in [0.717, 1.165) is 35.3 Å². The summed E-state index contributed by atoms with van der Waals surface area (Å²) in [7, 11) is 2.18. The van der Waals surface area contributed by atoms with E-state index in [1.165, 1.54) is 12.0 Å². The zero-order valence-corrected chi connectivity index (χ0v) is 15.1. The molecule has 0 amide bonds. The Morgan fingerprint density at radius 3 is 2.74 bits per heavy atom. The van der Waals surface area contributed by atoms with Crippen LogP contribution in [-0.2, 0) is 6.42 Å². The van der Waals surface area contributed by atoms with Gasteiger partial charge in [-0.2, -0.15) is 5.26 Å². The molecule has 0 aliphatic carbocycles. The van der Waals surface area contributed by atoms with Crippen LogP contribution in [-0.4, -0.2) is 32.5 Å². The van der Waals surface area contributed by atoms with Crippen LogP contribution in [0.4, 0.5) is 5.82 Å². The first-order valence-corrected chi connectivity index (χ1v) is 9.20. The van der Waals surface area contributed by atoms with Crippen molar-refractivity contribution >= 4 is 5.82 Å². The van der Waals surface area contributed by atoms with E-state index in [1.807, 2.05) is 22.9 Å². The lowest BCUT2D eigenvalue weighted by Crippen LogP contribution is -2.35. The molecule has 0 spiro atoms. The maximum absolute atomic E-state index is 9.81. The van der Waals surface area contributed by atoms with Crippen molar-refractivity contribution in [2.45, 2.75) is 31.3 Å². The number of nitrogen functional groups attached to an aromatic ring is 1. The second kappa shape index (κ2) is 5.93. The number of nitriles is 1. The molecule has 2 N–H and O–H groups in total. The van der Waals surface area contributed by atoms with Crippen LogP contribution in [0.3, 0.4) is 0 Å². The van der Waals surface area contributed by atoms with Crippen molar-refractivity contribution in [2.24, 2.45) is 0 Å². The smallest absolute Gasteiger partial charge is 0.142 e. The molecule has 3 aromatic rings. The van der Waals surface area contributed by atoms with Crippen molar-refractivity contribution in [1.29, 1.82) is 5.26 Å². The minimum atomic E-state index is 0.308. The van der Waals surface area contributed by atoms with E-state index in [4.69, 9.17) is 5.73 Å². The van der Waals surface area contributed by atoms with Crippen LogP contribution in [0.2, 0.25) is 0 Å². The van der Waals surface area contributed by atoms with Gasteiger partial charge in [-0.1, -0.05) is 12.1 Å². The van der Waals surface area contributed by atoms with Crippen molar-refractivity contribution in [3.8, 4) is 22.9 Å². The molecule has 0 radical (unpaired) electrons. The molecule has 5 rings (SSSR count). The van der Waals surface area contributed by atoms with Gasteiger partial charge in [-0.3, -0.25) is 4.90 Å². The summed E-state index contributed by atoms with van der Waals surface area (Å²) in [5.41, 5.74) is 11.9. The Morgan fingerprint density at radius 1 is 1.22 bits per heavy atom. The number of rotatable bonds is 2. The largest absolute Gasteiger partial charge is 0.383 e. The van der Waals surface area contributed by atoms with Crippen molar-refractivity contribution in [1.82, 2.24) is 19.4 Å². The monoisotopic (exact) mass is 356 g/mol. The number of nitrogens with two attached hydrogens (primary N) is 1. The highest BCUT2D eigenvalue weighted by atomic mass is 15.2. The second-order valence-corrected chi connectivity index (χ2v) is 7.35. The Kier molecular flexibility index (Phi) is 3.52. The van der Waals surface area contributed by atoms with Crippen LogP contribution < -0.4 is 5.73 Å². The summed E-state index contributed by atoms with van der Waals surface area (Å²) in [6, 6.07) is 11.4. The first kappa shape index (κ1) is 16.0. The molecule has 1 fully saturated rings. The van der Waals surface area contributed by atoms with Gasteiger partial charge in [0.05, 0.1) is 6.33 Å². The van der Waals surface area contributed by atoms with Gasteiger partial charge in [0.2, 0.25) is 0 Å². The predicted molar refractivity (Wildman–Crippen MR) is 103 cm³/mol. The summed E-state index contributed by atoms with van der Waals surface area (Å²) < 4.78 is 1.96. The van der Waals surface area contributed by atoms with Crippen LogP contribution in [0.1, 0.15) is 35.7 Å². The molecule has 1 aromatic carbocycles. The summed E-state index contributed by atoms with van der Waals surface area (Å²) in [6.45, 7) is 0. The topological polar surface area (TPSA) is 83.8 Å². The number of pyridine rings is 1. The first-order chi connectivity index (χ1) is 13.2. The fourth-order valence-electron chi connectivity index (χ4n) is 4.64. The highest BCUT2D eigenvalue weighted by molar-refractivity contribution is 5.80. The fourth-order valence-corrected chi connectivity index (χ4v) is 4.64. The van der Waals surface area contributed by atoms with E-state index in [1.54, 1.807) is 12.5 Å². The van der Waals surface area contributed by atoms with Crippen molar-refractivity contribution in [3.05, 3.63) is 59.8 Å². The third-order valence-corrected chi connectivity index (χ3v) is 6.02. The molecule has 4 heterocycles. The second-order valence-electron chi connectivity index (χ2n) is 7.35. The molecule has 2 bridgehead atoms. The number of nitrogens with zero attached hydrogens (tertiary/aromatic N) is 5. The molecule has 2 aromatic heterocycles. The lowest BCUT2D eigenvalue weighted by atomic mass is 9.87. The molecule has 0 unspecified atom stereocenters. The molecule has 2 aliphatic rings. The van der Waals surface area contributed by atoms with Crippen LogP contribution in [0.15, 0.2) is 43.0 Å². The zero-order valence-electron chi connectivity index (χ0n) is 15.1. The Labute approximate surface area is 157 Å². The summed E-state index contributed by atoms with van der Waals surface area (Å²) in [6.07, 6.45) is 8.61. The van der Waals surface area contributed by atoms with Gasteiger partial charge in [-0.15, -0.1) is 0 Å². The van der Waals surface area contributed by atoms with Crippen LogP contribution >= 0.6 is 0 Å². The van der Waals surface area contributed by atoms with Gasteiger partial charge in [-0.05, 0) is 37.6 Å². The average Bonchev–Trinajstić information content (AvgIpc) is 3.28. The highest BCUT2D eigenvalue weighted by Gasteiger charge is 2.40. The van der Waals surface area contributed by atoms with Gasteiger partial charge in [0.15, 0.2) is 0 Å². The van der Waals surface area contributed by atoms with Gasteiger partial charge >= 0.3 is 0 Å². The van der Waals surface area contributed by atoms with Crippen molar-refractivity contribution < 1.29 is 0 Å². The molecule has 6 nitrogen and oxygen atoms in total. The lowest BCUT2D eigenvalue weighted by molar-refractivity contribution is 0.222. The number of hydrogen-bond donors (Lipinski definition) is 1. The number of anilines is 1. The normalized spacial score (nSPS) is 21.0. The molecule has 1 saturated heterocycles. The summed E-state index contributed by atoms with van der Waals surface area (Å²) in [5.74, 6) is 0.342.